The highest BCUT2D eigenvalue weighted by molar-refractivity contribution is 5.77. The fraction of sp³-hybridized carbons (Fsp3) is 0.545. The van der Waals surface area contributed by atoms with Crippen molar-refractivity contribution in [3.8, 4) is 0 Å². The number of carbonyl (C=O) groups excluding carboxylic acids is 1. The molecule has 0 aliphatic rings. The van der Waals surface area contributed by atoms with E-state index in [1.165, 1.54) is 7.11 Å². The van der Waals surface area contributed by atoms with Crippen LogP contribution < -0.4 is 5.32 Å². The third-order valence-corrected chi connectivity index (χ3v) is 2.34. The SMILES string of the molecule is COCC(=O)NCCC(O)c1cccn1C. The number of rotatable bonds is 6. The normalized spacial score (nSPS) is 12.4. The molecule has 0 aromatic carbocycles. The molecule has 90 valence electrons. The van der Waals surface area contributed by atoms with Crippen molar-refractivity contribution in [1.82, 2.24) is 9.88 Å². The van der Waals surface area contributed by atoms with Crippen LogP contribution in [-0.4, -0.2) is 35.8 Å². The Morgan fingerprint density at radius 3 is 3.00 bits per heavy atom. The number of aryl methyl sites for hydroxylation is 1. The van der Waals surface area contributed by atoms with E-state index in [9.17, 15) is 9.90 Å². The summed E-state index contributed by atoms with van der Waals surface area (Å²) in [4.78, 5) is 11.1. The maximum atomic E-state index is 11.1. The van der Waals surface area contributed by atoms with Crippen molar-refractivity contribution in [3.63, 3.8) is 0 Å². The van der Waals surface area contributed by atoms with E-state index >= 15 is 0 Å². The van der Waals surface area contributed by atoms with Gasteiger partial charge in [-0.05, 0) is 18.6 Å². The largest absolute Gasteiger partial charge is 0.387 e. The number of carbonyl (C=O) groups is 1. The van der Waals surface area contributed by atoms with Gasteiger partial charge in [-0.25, -0.2) is 0 Å². The molecule has 16 heavy (non-hydrogen) atoms. The maximum Gasteiger partial charge on any atom is 0.245 e. The number of aromatic nitrogens is 1. The first-order valence-corrected chi connectivity index (χ1v) is 5.20. The first-order chi connectivity index (χ1) is 7.65. The Balaban J connectivity index is 2.28. The van der Waals surface area contributed by atoms with E-state index in [-0.39, 0.29) is 12.5 Å². The van der Waals surface area contributed by atoms with Gasteiger partial charge in [0, 0.05) is 32.6 Å². The lowest BCUT2D eigenvalue weighted by molar-refractivity contribution is -0.124. The zero-order valence-electron chi connectivity index (χ0n) is 9.64. The lowest BCUT2D eigenvalue weighted by atomic mass is 10.2. The van der Waals surface area contributed by atoms with E-state index in [4.69, 9.17) is 0 Å². The molecule has 1 aromatic heterocycles. The summed E-state index contributed by atoms with van der Waals surface area (Å²) in [5, 5.41) is 12.5. The van der Waals surface area contributed by atoms with Crippen LogP contribution in [0.5, 0.6) is 0 Å². The second kappa shape index (κ2) is 6.30. The molecule has 0 aliphatic carbocycles. The molecule has 0 saturated heterocycles. The van der Waals surface area contributed by atoms with Crippen molar-refractivity contribution < 1.29 is 14.6 Å². The standard InChI is InChI=1S/C11H18N2O3/c1-13-7-3-4-9(13)10(14)5-6-12-11(15)8-16-2/h3-4,7,10,14H,5-6,8H2,1-2H3,(H,12,15). The van der Waals surface area contributed by atoms with Crippen LogP contribution in [-0.2, 0) is 16.6 Å². The summed E-state index contributed by atoms with van der Waals surface area (Å²) in [6.07, 6.45) is 1.82. The number of aliphatic hydroxyl groups is 1. The highest BCUT2D eigenvalue weighted by Crippen LogP contribution is 2.15. The topological polar surface area (TPSA) is 63.5 Å². The molecule has 1 aromatic rings. The van der Waals surface area contributed by atoms with E-state index in [1.807, 2.05) is 29.9 Å². The molecule has 0 fully saturated rings. The van der Waals surface area contributed by atoms with E-state index in [0.29, 0.717) is 13.0 Å². The van der Waals surface area contributed by atoms with Crippen LogP contribution in [0.2, 0.25) is 0 Å². The lowest BCUT2D eigenvalue weighted by Crippen LogP contribution is -2.29. The van der Waals surface area contributed by atoms with E-state index in [1.54, 1.807) is 0 Å². The summed E-state index contributed by atoms with van der Waals surface area (Å²) in [6.45, 7) is 0.495. The number of aliphatic hydroxyl groups excluding tert-OH is 1. The molecule has 1 rings (SSSR count). The van der Waals surface area contributed by atoms with Gasteiger partial charge in [0.1, 0.15) is 6.61 Å². The zero-order valence-corrected chi connectivity index (χ0v) is 9.64. The molecule has 1 atom stereocenters. The molecule has 1 heterocycles. The monoisotopic (exact) mass is 226 g/mol. The van der Waals surface area contributed by atoms with Gasteiger partial charge in [0.2, 0.25) is 5.91 Å². The van der Waals surface area contributed by atoms with E-state index < -0.39 is 6.10 Å². The zero-order chi connectivity index (χ0) is 12.0. The third kappa shape index (κ3) is 3.67. The van der Waals surface area contributed by atoms with Crippen LogP contribution in [0.1, 0.15) is 18.2 Å². The smallest absolute Gasteiger partial charge is 0.245 e. The number of nitrogens with zero attached hydrogens (tertiary/aromatic N) is 1. The molecule has 0 spiro atoms. The van der Waals surface area contributed by atoms with E-state index in [2.05, 4.69) is 10.1 Å². The minimum atomic E-state index is -0.553. The Labute approximate surface area is 95.0 Å². The molecule has 0 bridgehead atoms. The number of amides is 1. The summed E-state index contributed by atoms with van der Waals surface area (Å²) < 4.78 is 6.54. The van der Waals surface area contributed by atoms with Crippen molar-refractivity contribution in [2.24, 2.45) is 7.05 Å². The van der Waals surface area contributed by atoms with Crippen LogP contribution >= 0.6 is 0 Å². The van der Waals surface area contributed by atoms with Crippen molar-refractivity contribution >= 4 is 5.91 Å². The number of ether oxygens (including phenoxy) is 1. The number of methoxy groups -OCH3 is 1. The summed E-state index contributed by atoms with van der Waals surface area (Å²) in [5.41, 5.74) is 0.848. The minimum absolute atomic E-state index is 0.0558. The number of nitrogens with one attached hydrogen (secondary N) is 1. The fourth-order valence-corrected chi connectivity index (χ4v) is 1.50. The summed E-state index contributed by atoms with van der Waals surface area (Å²) >= 11 is 0. The Morgan fingerprint density at radius 1 is 1.69 bits per heavy atom. The molecule has 1 amide bonds. The minimum Gasteiger partial charge on any atom is -0.387 e. The average molecular weight is 226 g/mol. The van der Waals surface area contributed by atoms with Crippen LogP contribution in [0.4, 0.5) is 0 Å². The number of hydrogen-bond acceptors (Lipinski definition) is 3. The van der Waals surface area contributed by atoms with Gasteiger partial charge in [0.05, 0.1) is 6.10 Å². The molecule has 5 nitrogen and oxygen atoms in total. The second-order valence-electron chi connectivity index (χ2n) is 3.63. The van der Waals surface area contributed by atoms with Gasteiger partial charge in [-0.2, -0.15) is 0 Å². The predicted octanol–water partition coefficient (Wildman–Crippen LogP) is 0.211. The van der Waals surface area contributed by atoms with Gasteiger partial charge in [0.25, 0.3) is 0 Å². The summed E-state index contributed by atoms with van der Waals surface area (Å²) in [7, 11) is 3.35. The van der Waals surface area contributed by atoms with E-state index in [0.717, 1.165) is 5.69 Å². The maximum absolute atomic E-state index is 11.1. The Hall–Kier alpha value is -1.33. The van der Waals surface area contributed by atoms with Gasteiger partial charge in [0.15, 0.2) is 0 Å². The molecule has 1 unspecified atom stereocenters. The van der Waals surface area contributed by atoms with Crippen LogP contribution in [0, 0.1) is 0 Å². The molecular weight excluding hydrogens is 208 g/mol. The van der Waals surface area contributed by atoms with Crippen LogP contribution in [0.25, 0.3) is 0 Å². The Bertz CT molecular complexity index is 336. The second-order valence-corrected chi connectivity index (χ2v) is 3.63. The van der Waals surface area contributed by atoms with Crippen LogP contribution in [0.3, 0.4) is 0 Å². The van der Waals surface area contributed by atoms with Crippen molar-refractivity contribution in [2.45, 2.75) is 12.5 Å². The van der Waals surface area contributed by atoms with Crippen LogP contribution in [0.15, 0.2) is 18.3 Å². The first kappa shape index (κ1) is 12.7. The van der Waals surface area contributed by atoms with Gasteiger partial charge < -0.3 is 19.7 Å². The fourth-order valence-electron chi connectivity index (χ4n) is 1.50. The van der Waals surface area contributed by atoms with Crippen molar-refractivity contribution in [3.05, 3.63) is 24.0 Å². The highest BCUT2D eigenvalue weighted by Gasteiger charge is 2.10. The quantitative estimate of drug-likeness (QED) is 0.729. The highest BCUT2D eigenvalue weighted by atomic mass is 16.5. The molecule has 0 saturated carbocycles. The third-order valence-electron chi connectivity index (χ3n) is 2.34. The predicted molar refractivity (Wildman–Crippen MR) is 59.9 cm³/mol. The molecule has 5 heteroatoms. The molecule has 0 radical (unpaired) electrons. The van der Waals surface area contributed by atoms with Gasteiger partial charge in [-0.15, -0.1) is 0 Å². The summed E-state index contributed by atoms with van der Waals surface area (Å²) in [6, 6.07) is 3.74. The molecule has 0 aliphatic heterocycles. The Morgan fingerprint density at radius 2 is 2.44 bits per heavy atom. The first-order valence-electron chi connectivity index (χ1n) is 5.20. The summed E-state index contributed by atoms with van der Waals surface area (Å²) in [5.74, 6) is -0.165. The average Bonchev–Trinajstić information content (AvgIpc) is 2.64. The molecular formula is C11H18N2O3. The lowest BCUT2D eigenvalue weighted by Gasteiger charge is -2.12. The number of hydrogen-bond donors (Lipinski definition) is 2. The molecule has 2 N–H and O–H groups in total. The van der Waals surface area contributed by atoms with Gasteiger partial charge in [-0.3, -0.25) is 4.79 Å². The van der Waals surface area contributed by atoms with Crippen molar-refractivity contribution in [2.75, 3.05) is 20.3 Å². The van der Waals surface area contributed by atoms with Crippen molar-refractivity contribution in [1.29, 1.82) is 0 Å². The van der Waals surface area contributed by atoms with Gasteiger partial charge in [-0.1, -0.05) is 0 Å². The van der Waals surface area contributed by atoms with Gasteiger partial charge >= 0.3 is 0 Å². The Kier molecular flexibility index (Phi) is 5.01.